The van der Waals surface area contributed by atoms with E-state index in [1.54, 1.807) is 0 Å². The zero-order chi connectivity index (χ0) is 13.4. The number of phenols is 1. The summed E-state index contributed by atoms with van der Waals surface area (Å²) >= 11 is 3.48. The van der Waals surface area contributed by atoms with Crippen LogP contribution in [0.25, 0.3) is 0 Å². The highest BCUT2D eigenvalue weighted by Crippen LogP contribution is 2.49. The number of aliphatic carboxylic acids is 1. The van der Waals surface area contributed by atoms with Gasteiger partial charge in [0.2, 0.25) is 0 Å². The normalized spacial score (nSPS) is 16.6. The molecule has 0 amide bonds. The van der Waals surface area contributed by atoms with Crippen molar-refractivity contribution in [2.75, 3.05) is 0 Å². The molecular weight excluding hydrogens is 296 g/mol. The molecule has 0 aliphatic heterocycles. The van der Waals surface area contributed by atoms with Gasteiger partial charge in [-0.2, -0.15) is 0 Å². The summed E-state index contributed by atoms with van der Waals surface area (Å²) in [6, 6.07) is 1.87. The number of benzene rings is 1. The van der Waals surface area contributed by atoms with Gasteiger partial charge in [-0.25, -0.2) is 0 Å². The number of hydrogen-bond acceptors (Lipinski definition) is 2. The molecule has 1 aromatic carbocycles. The predicted molar refractivity (Wildman–Crippen MR) is 73.0 cm³/mol. The van der Waals surface area contributed by atoms with E-state index in [0.29, 0.717) is 5.92 Å². The van der Waals surface area contributed by atoms with Crippen molar-refractivity contribution >= 4 is 21.9 Å². The Balaban J connectivity index is 2.49. The van der Waals surface area contributed by atoms with Gasteiger partial charge in [-0.3, -0.25) is 4.79 Å². The quantitative estimate of drug-likeness (QED) is 0.890. The van der Waals surface area contributed by atoms with Crippen molar-refractivity contribution in [1.82, 2.24) is 0 Å². The smallest absolute Gasteiger partial charge is 0.303 e. The van der Waals surface area contributed by atoms with Crippen molar-refractivity contribution in [2.45, 2.75) is 39.0 Å². The molecule has 1 aliphatic carbocycles. The fraction of sp³-hybridized carbons (Fsp3) is 0.500. The lowest BCUT2D eigenvalue weighted by Gasteiger charge is -2.21. The first-order chi connectivity index (χ1) is 8.41. The van der Waals surface area contributed by atoms with Crippen LogP contribution in [0.15, 0.2) is 10.5 Å². The van der Waals surface area contributed by atoms with E-state index >= 15 is 0 Å². The number of halogens is 1. The Bertz CT molecular complexity index is 466. The van der Waals surface area contributed by atoms with Gasteiger partial charge in [0, 0.05) is 16.0 Å². The molecule has 4 heteroatoms. The maximum absolute atomic E-state index is 11.0. The van der Waals surface area contributed by atoms with Gasteiger partial charge in [-0.05, 0) is 49.8 Å². The van der Waals surface area contributed by atoms with E-state index in [2.05, 4.69) is 15.9 Å². The van der Waals surface area contributed by atoms with Crippen molar-refractivity contribution in [3.8, 4) is 5.75 Å². The highest BCUT2D eigenvalue weighted by atomic mass is 79.9. The average Bonchev–Trinajstić information content (AvgIpc) is 3.08. The molecule has 1 aliphatic rings. The SMILES string of the molecule is Cc1cc(Br)c(C)c(C(CC(=O)O)C2CC2)c1O. The maximum Gasteiger partial charge on any atom is 0.303 e. The number of carbonyl (C=O) groups is 1. The molecular formula is C14H17BrO3. The molecule has 0 aromatic heterocycles. The first kappa shape index (κ1) is 13.4. The summed E-state index contributed by atoms with van der Waals surface area (Å²) in [5.41, 5.74) is 2.56. The first-order valence-electron chi connectivity index (χ1n) is 6.12. The topological polar surface area (TPSA) is 57.5 Å². The molecule has 1 saturated carbocycles. The van der Waals surface area contributed by atoms with Gasteiger partial charge in [0.1, 0.15) is 5.75 Å². The van der Waals surface area contributed by atoms with E-state index in [4.69, 9.17) is 5.11 Å². The Hall–Kier alpha value is -1.03. The first-order valence-corrected chi connectivity index (χ1v) is 6.91. The van der Waals surface area contributed by atoms with Gasteiger partial charge in [0.15, 0.2) is 0 Å². The molecule has 0 radical (unpaired) electrons. The van der Waals surface area contributed by atoms with Gasteiger partial charge < -0.3 is 10.2 Å². The second-order valence-electron chi connectivity index (χ2n) is 5.10. The largest absolute Gasteiger partial charge is 0.507 e. The van der Waals surface area contributed by atoms with Gasteiger partial charge in [0.05, 0.1) is 6.42 Å². The molecule has 1 aromatic rings. The summed E-state index contributed by atoms with van der Waals surface area (Å²) in [4.78, 5) is 11.0. The molecule has 0 heterocycles. The fourth-order valence-corrected chi connectivity index (χ4v) is 3.09. The Kier molecular flexibility index (Phi) is 3.66. The van der Waals surface area contributed by atoms with Crippen LogP contribution in [-0.4, -0.2) is 16.2 Å². The molecule has 98 valence electrons. The van der Waals surface area contributed by atoms with Gasteiger partial charge >= 0.3 is 5.97 Å². The lowest BCUT2D eigenvalue weighted by atomic mass is 9.86. The van der Waals surface area contributed by atoms with E-state index in [-0.39, 0.29) is 18.1 Å². The van der Waals surface area contributed by atoms with E-state index < -0.39 is 5.97 Å². The molecule has 2 rings (SSSR count). The number of carboxylic acids is 1. The van der Waals surface area contributed by atoms with Gasteiger partial charge in [-0.1, -0.05) is 15.9 Å². The second-order valence-corrected chi connectivity index (χ2v) is 5.96. The van der Waals surface area contributed by atoms with Crippen molar-refractivity contribution in [3.63, 3.8) is 0 Å². The molecule has 1 unspecified atom stereocenters. The van der Waals surface area contributed by atoms with E-state index in [0.717, 1.165) is 34.0 Å². The van der Waals surface area contributed by atoms with Crippen LogP contribution in [0.1, 0.15) is 41.9 Å². The Labute approximate surface area is 115 Å². The number of aryl methyl sites for hydroxylation is 1. The third-order valence-corrected chi connectivity index (χ3v) is 4.51. The van der Waals surface area contributed by atoms with Gasteiger partial charge in [0.25, 0.3) is 0 Å². The number of aromatic hydroxyl groups is 1. The molecule has 0 spiro atoms. The van der Waals surface area contributed by atoms with Crippen LogP contribution in [-0.2, 0) is 4.79 Å². The minimum atomic E-state index is -0.802. The monoisotopic (exact) mass is 312 g/mol. The summed E-state index contributed by atoms with van der Waals surface area (Å²) in [5, 5.41) is 19.3. The number of phenolic OH excluding ortho intramolecular Hbond substituents is 1. The van der Waals surface area contributed by atoms with Crippen molar-refractivity contribution in [2.24, 2.45) is 5.92 Å². The van der Waals surface area contributed by atoms with Crippen LogP contribution in [0.5, 0.6) is 5.75 Å². The van der Waals surface area contributed by atoms with E-state index in [9.17, 15) is 9.90 Å². The molecule has 0 saturated heterocycles. The lowest BCUT2D eigenvalue weighted by Crippen LogP contribution is -2.11. The molecule has 1 fully saturated rings. The fourth-order valence-electron chi connectivity index (χ4n) is 2.53. The number of hydrogen-bond donors (Lipinski definition) is 2. The Morgan fingerprint density at radius 3 is 2.61 bits per heavy atom. The third-order valence-electron chi connectivity index (χ3n) is 3.69. The number of rotatable bonds is 4. The Morgan fingerprint density at radius 2 is 2.11 bits per heavy atom. The minimum Gasteiger partial charge on any atom is -0.507 e. The minimum absolute atomic E-state index is 0.0706. The summed E-state index contributed by atoms with van der Waals surface area (Å²) in [6.07, 6.45) is 2.21. The lowest BCUT2D eigenvalue weighted by molar-refractivity contribution is -0.137. The van der Waals surface area contributed by atoms with E-state index in [1.807, 2.05) is 19.9 Å². The molecule has 3 nitrogen and oxygen atoms in total. The van der Waals surface area contributed by atoms with Crippen LogP contribution in [0.3, 0.4) is 0 Å². The van der Waals surface area contributed by atoms with Crippen molar-refractivity contribution < 1.29 is 15.0 Å². The molecule has 2 N–H and O–H groups in total. The predicted octanol–water partition coefficient (Wildman–Crippen LogP) is 3.74. The molecule has 18 heavy (non-hydrogen) atoms. The van der Waals surface area contributed by atoms with Crippen LogP contribution < -0.4 is 0 Å². The van der Waals surface area contributed by atoms with Crippen LogP contribution in [0.2, 0.25) is 0 Å². The van der Waals surface area contributed by atoms with E-state index in [1.165, 1.54) is 0 Å². The zero-order valence-electron chi connectivity index (χ0n) is 10.5. The van der Waals surface area contributed by atoms with Crippen LogP contribution >= 0.6 is 15.9 Å². The third kappa shape index (κ3) is 2.53. The second kappa shape index (κ2) is 4.92. The summed E-state index contributed by atoms with van der Waals surface area (Å²) in [5.74, 6) is -0.213. The highest BCUT2D eigenvalue weighted by Gasteiger charge is 2.36. The molecule has 1 atom stereocenters. The Morgan fingerprint density at radius 1 is 1.50 bits per heavy atom. The summed E-state index contributed by atoms with van der Waals surface area (Å²) in [7, 11) is 0. The van der Waals surface area contributed by atoms with Gasteiger partial charge in [-0.15, -0.1) is 0 Å². The summed E-state index contributed by atoms with van der Waals surface area (Å²) in [6.45, 7) is 3.77. The van der Waals surface area contributed by atoms with Crippen LogP contribution in [0, 0.1) is 19.8 Å². The van der Waals surface area contributed by atoms with Crippen molar-refractivity contribution in [3.05, 3.63) is 27.2 Å². The molecule has 0 bridgehead atoms. The maximum atomic E-state index is 11.0. The average molecular weight is 313 g/mol. The zero-order valence-corrected chi connectivity index (χ0v) is 12.1. The van der Waals surface area contributed by atoms with Crippen LogP contribution in [0.4, 0.5) is 0 Å². The van der Waals surface area contributed by atoms with Crippen molar-refractivity contribution in [1.29, 1.82) is 0 Å². The number of carboxylic acid groups (broad SMARTS) is 1. The standard InChI is InChI=1S/C14H17BrO3/c1-7-5-11(15)8(2)13(14(7)18)10(6-12(16)17)9-3-4-9/h5,9-10,18H,3-4,6H2,1-2H3,(H,16,17). The summed E-state index contributed by atoms with van der Waals surface area (Å²) < 4.78 is 0.934. The highest BCUT2D eigenvalue weighted by molar-refractivity contribution is 9.10.